The van der Waals surface area contributed by atoms with Gasteiger partial charge in [-0.3, -0.25) is 9.59 Å². The van der Waals surface area contributed by atoms with Crippen LogP contribution in [-0.4, -0.2) is 30.4 Å². The molecular formula is C10H16O5. The first-order valence-corrected chi connectivity index (χ1v) is 4.89. The molecule has 0 amide bonds. The number of Topliss-reactive ketones (excluding diaryl/α,β-unsaturated/α-hetero) is 1. The van der Waals surface area contributed by atoms with Crippen LogP contribution in [0.4, 0.5) is 0 Å². The highest BCUT2D eigenvalue weighted by molar-refractivity contribution is 6.03. The lowest BCUT2D eigenvalue weighted by molar-refractivity contribution is -0.170. The molecule has 86 valence electrons. The zero-order chi connectivity index (χ0) is 11.8. The molecule has 0 saturated carbocycles. The topological polar surface area (TPSA) is 69.7 Å². The van der Waals surface area contributed by atoms with Gasteiger partial charge >= 0.3 is 11.9 Å². The second kappa shape index (κ2) is 6.98. The molecule has 0 aliphatic rings. The van der Waals surface area contributed by atoms with Gasteiger partial charge in [0.2, 0.25) is 0 Å². The Morgan fingerprint density at radius 2 is 1.80 bits per heavy atom. The third kappa shape index (κ3) is 5.15. The van der Waals surface area contributed by atoms with E-state index in [0.717, 1.165) is 6.92 Å². The average Bonchev–Trinajstić information content (AvgIpc) is 2.14. The first-order chi connectivity index (χ1) is 7.02. The first-order valence-electron chi connectivity index (χ1n) is 4.89. The summed E-state index contributed by atoms with van der Waals surface area (Å²) >= 11 is 0. The van der Waals surface area contributed by atoms with Crippen LogP contribution in [0.25, 0.3) is 0 Å². The third-order valence-electron chi connectivity index (χ3n) is 1.57. The molecule has 0 aliphatic carbocycles. The SMILES string of the molecule is CCCC(=O)C(OC(C)=O)C(=O)OCC. The van der Waals surface area contributed by atoms with Crippen molar-refractivity contribution in [3.8, 4) is 0 Å². The maximum absolute atomic E-state index is 11.4. The zero-order valence-corrected chi connectivity index (χ0v) is 9.24. The van der Waals surface area contributed by atoms with Gasteiger partial charge in [-0.15, -0.1) is 0 Å². The summed E-state index contributed by atoms with van der Waals surface area (Å²) in [5, 5.41) is 0. The average molecular weight is 216 g/mol. The van der Waals surface area contributed by atoms with Crippen molar-refractivity contribution in [2.24, 2.45) is 0 Å². The first kappa shape index (κ1) is 13.6. The van der Waals surface area contributed by atoms with Crippen LogP contribution in [0.15, 0.2) is 0 Å². The maximum atomic E-state index is 11.4. The van der Waals surface area contributed by atoms with E-state index in [4.69, 9.17) is 0 Å². The highest BCUT2D eigenvalue weighted by Crippen LogP contribution is 2.04. The van der Waals surface area contributed by atoms with Gasteiger partial charge in [0.25, 0.3) is 6.10 Å². The molecule has 0 fully saturated rings. The van der Waals surface area contributed by atoms with E-state index in [9.17, 15) is 14.4 Å². The van der Waals surface area contributed by atoms with Gasteiger partial charge in [0.1, 0.15) is 0 Å². The van der Waals surface area contributed by atoms with Gasteiger partial charge in [-0.25, -0.2) is 4.79 Å². The minimum Gasteiger partial charge on any atom is -0.463 e. The Hall–Kier alpha value is -1.39. The van der Waals surface area contributed by atoms with E-state index < -0.39 is 23.8 Å². The number of ketones is 1. The summed E-state index contributed by atoms with van der Waals surface area (Å²) in [5.74, 6) is -1.89. The number of carbonyl (C=O) groups is 3. The van der Waals surface area contributed by atoms with E-state index in [0.29, 0.717) is 6.42 Å². The Labute approximate surface area is 88.7 Å². The number of ether oxygens (including phenoxy) is 2. The van der Waals surface area contributed by atoms with E-state index in [1.807, 2.05) is 0 Å². The van der Waals surface area contributed by atoms with Gasteiger partial charge < -0.3 is 9.47 Å². The van der Waals surface area contributed by atoms with Gasteiger partial charge in [-0.1, -0.05) is 6.92 Å². The lowest BCUT2D eigenvalue weighted by Crippen LogP contribution is -2.35. The fourth-order valence-corrected chi connectivity index (χ4v) is 1.01. The third-order valence-corrected chi connectivity index (χ3v) is 1.57. The molecule has 0 rings (SSSR count). The molecule has 0 spiro atoms. The zero-order valence-electron chi connectivity index (χ0n) is 9.24. The molecule has 1 atom stereocenters. The Kier molecular flexibility index (Phi) is 6.33. The van der Waals surface area contributed by atoms with E-state index in [1.54, 1.807) is 13.8 Å². The number of carbonyl (C=O) groups excluding carboxylic acids is 3. The summed E-state index contributed by atoms with van der Waals surface area (Å²) in [4.78, 5) is 33.4. The normalized spacial score (nSPS) is 11.7. The van der Waals surface area contributed by atoms with Crippen LogP contribution >= 0.6 is 0 Å². The second-order valence-corrected chi connectivity index (χ2v) is 2.96. The molecule has 15 heavy (non-hydrogen) atoms. The van der Waals surface area contributed by atoms with Crippen molar-refractivity contribution in [1.29, 1.82) is 0 Å². The van der Waals surface area contributed by atoms with Crippen LogP contribution in [0.1, 0.15) is 33.6 Å². The summed E-state index contributed by atoms with van der Waals surface area (Å²) in [6.07, 6.45) is -0.616. The Balaban J connectivity index is 4.49. The number of hydrogen-bond acceptors (Lipinski definition) is 5. The van der Waals surface area contributed by atoms with E-state index in [2.05, 4.69) is 9.47 Å². The monoisotopic (exact) mass is 216 g/mol. The van der Waals surface area contributed by atoms with E-state index >= 15 is 0 Å². The van der Waals surface area contributed by atoms with Gasteiger partial charge in [0.15, 0.2) is 5.78 Å². The molecular weight excluding hydrogens is 200 g/mol. The smallest absolute Gasteiger partial charge is 0.355 e. The molecule has 0 aromatic carbocycles. The second-order valence-electron chi connectivity index (χ2n) is 2.96. The van der Waals surface area contributed by atoms with E-state index in [1.165, 1.54) is 0 Å². The van der Waals surface area contributed by atoms with Gasteiger partial charge in [0.05, 0.1) is 6.61 Å². The van der Waals surface area contributed by atoms with Crippen molar-refractivity contribution in [1.82, 2.24) is 0 Å². The van der Waals surface area contributed by atoms with Crippen LogP contribution in [0.2, 0.25) is 0 Å². The van der Waals surface area contributed by atoms with Gasteiger partial charge in [0, 0.05) is 13.3 Å². The number of hydrogen-bond donors (Lipinski definition) is 0. The van der Waals surface area contributed by atoms with Crippen LogP contribution in [0, 0.1) is 0 Å². The molecule has 0 aromatic rings. The summed E-state index contributed by atoms with van der Waals surface area (Å²) in [5.41, 5.74) is 0. The predicted octanol–water partition coefficient (Wildman–Crippen LogP) is 0.850. The lowest BCUT2D eigenvalue weighted by atomic mass is 10.1. The van der Waals surface area contributed by atoms with Crippen molar-refractivity contribution >= 4 is 17.7 Å². The molecule has 0 saturated heterocycles. The molecule has 0 aliphatic heterocycles. The van der Waals surface area contributed by atoms with Crippen molar-refractivity contribution in [3.05, 3.63) is 0 Å². The number of esters is 2. The van der Waals surface area contributed by atoms with Crippen molar-refractivity contribution in [2.45, 2.75) is 39.7 Å². The minimum atomic E-state index is -1.40. The van der Waals surface area contributed by atoms with Crippen LogP contribution < -0.4 is 0 Å². The summed E-state index contributed by atoms with van der Waals surface area (Å²) in [6, 6.07) is 0. The Morgan fingerprint density at radius 3 is 2.20 bits per heavy atom. The van der Waals surface area contributed by atoms with Crippen LogP contribution in [0.3, 0.4) is 0 Å². The molecule has 1 unspecified atom stereocenters. The molecule has 0 N–H and O–H groups in total. The summed E-state index contributed by atoms with van der Waals surface area (Å²) in [6.45, 7) is 4.71. The standard InChI is InChI=1S/C10H16O5/c1-4-6-8(12)9(15-7(3)11)10(13)14-5-2/h9H,4-6H2,1-3H3. The molecule has 0 aromatic heterocycles. The minimum absolute atomic E-state index is 0.149. The van der Waals surface area contributed by atoms with E-state index in [-0.39, 0.29) is 13.0 Å². The predicted molar refractivity (Wildman–Crippen MR) is 52.1 cm³/mol. The highest BCUT2D eigenvalue weighted by atomic mass is 16.6. The summed E-state index contributed by atoms with van der Waals surface area (Å²) < 4.78 is 9.25. The van der Waals surface area contributed by atoms with Crippen LogP contribution in [0.5, 0.6) is 0 Å². The fraction of sp³-hybridized carbons (Fsp3) is 0.700. The van der Waals surface area contributed by atoms with Crippen molar-refractivity contribution in [2.75, 3.05) is 6.61 Å². The Morgan fingerprint density at radius 1 is 1.20 bits per heavy atom. The van der Waals surface area contributed by atoms with Gasteiger partial charge in [-0.2, -0.15) is 0 Å². The maximum Gasteiger partial charge on any atom is 0.355 e. The quantitative estimate of drug-likeness (QED) is 0.486. The number of rotatable bonds is 6. The highest BCUT2D eigenvalue weighted by Gasteiger charge is 2.29. The molecule has 5 heteroatoms. The van der Waals surface area contributed by atoms with Crippen molar-refractivity contribution < 1.29 is 23.9 Å². The summed E-state index contributed by atoms with van der Waals surface area (Å²) in [7, 11) is 0. The largest absolute Gasteiger partial charge is 0.463 e. The van der Waals surface area contributed by atoms with Crippen LogP contribution in [-0.2, 0) is 23.9 Å². The lowest BCUT2D eigenvalue weighted by Gasteiger charge is -2.13. The fourth-order valence-electron chi connectivity index (χ4n) is 1.01. The molecule has 0 bridgehead atoms. The molecule has 5 nitrogen and oxygen atoms in total. The molecule has 0 heterocycles. The van der Waals surface area contributed by atoms with Crippen molar-refractivity contribution in [3.63, 3.8) is 0 Å². The molecule has 0 radical (unpaired) electrons. The Bertz CT molecular complexity index is 228. The van der Waals surface area contributed by atoms with Gasteiger partial charge in [-0.05, 0) is 13.3 Å².